The Labute approximate surface area is 159 Å². The maximum atomic E-state index is 12.8. The molecule has 1 aromatic rings. The molecule has 1 radical (unpaired) electrons. The molecule has 0 aliphatic carbocycles. The normalized spacial score (nSPS) is 12.6. The smallest absolute Gasteiger partial charge is 0.476 e. The van der Waals surface area contributed by atoms with Crippen molar-refractivity contribution in [2.45, 2.75) is 59.4 Å². The van der Waals surface area contributed by atoms with E-state index in [4.69, 9.17) is 18.7 Å². The minimum absolute atomic E-state index is 0. The van der Waals surface area contributed by atoms with Gasteiger partial charge >= 0.3 is 13.8 Å². The third-order valence-corrected chi connectivity index (χ3v) is 4.35. The van der Waals surface area contributed by atoms with Crippen LogP contribution in [0.5, 0.6) is 0 Å². The number of carboxylic acid groups (broad SMARTS) is 1. The SMILES string of the molecule is CC(C)(C)OP(=O)(OCc1ccc(C(=O)O)cc1)OC(C)(C)C.[Ag]. The number of phosphoric acid groups is 1. The fraction of sp³-hybridized carbons (Fsp3) is 0.562. The maximum absolute atomic E-state index is 12.8. The number of hydrogen-bond donors (Lipinski definition) is 1. The van der Waals surface area contributed by atoms with Crippen LogP contribution in [0, 0.1) is 0 Å². The predicted octanol–water partition coefficient (Wildman–Crippen LogP) is 4.64. The zero-order chi connectivity index (χ0) is 17.9. The van der Waals surface area contributed by atoms with Gasteiger partial charge in [-0.15, -0.1) is 0 Å². The van der Waals surface area contributed by atoms with E-state index >= 15 is 0 Å². The Hall–Kier alpha value is -0.460. The molecule has 0 aliphatic rings. The van der Waals surface area contributed by atoms with E-state index in [-0.39, 0.29) is 34.6 Å². The van der Waals surface area contributed by atoms with Crippen LogP contribution in [0.2, 0.25) is 0 Å². The largest absolute Gasteiger partial charge is 0.478 e. The second-order valence-electron chi connectivity index (χ2n) is 7.13. The van der Waals surface area contributed by atoms with E-state index in [0.29, 0.717) is 5.56 Å². The first-order valence-corrected chi connectivity index (χ1v) is 8.74. The van der Waals surface area contributed by atoms with Crippen molar-refractivity contribution in [3.63, 3.8) is 0 Å². The molecule has 0 spiro atoms. The summed E-state index contributed by atoms with van der Waals surface area (Å²) in [4.78, 5) is 10.8. The van der Waals surface area contributed by atoms with Crippen molar-refractivity contribution < 1.29 is 50.4 Å². The number of carbonyl (C=O) groups is 1. The number of benzene rings is 1. The van der Waals surface area contributed by atoms with Gasteiger partial charge in [-0.1, -0.05) is 12.1 Å². The first kappa shape index (κ1) is 23.5. The summed E-state index contributed by atoms with van der Waals surface area (Å²) in [5.74, 6) is -1.00. The summed E-state index contributed by atoms with van der Waals surface area (Å²) < 4.78 is 29.3. The minimum atomic E-state index is -3.78. The molecule has 0 unspecified atom stereocenters. The Balaban J connectivity index is 0.00000529. The predicted molar refractivity (Wildman–Crippen MR) is 87.5 cm³/mol. The second-order valence-corrected chi connectivity index (χ2v) is 8.65. The Morgan fingerprint density at radius 3 is 1.75 bits per heavy atom. The van der Waals surface area contributed by atoms with Crippen molar-refractivity contribution in [2.24, 2.45) is 0 Å². The van der Waals surface area contributed by atoms with Crippen LogP contribution >= 0.6 is 7.82 Å². The molecular weight excluding hydrogens is 427 g/mol. The fourth-order valence-electron chi connectivity index (χ4n) is 1.64. The van der Waals surface area contributed by atoms with Crippen molar-refractivity contribution in [3.8, 4) is 0 Å². The van der Waals surface area contributed by atoms with E-state index in [0.717, 1.165) is 0 Å². The third kappa shape index (κ3) is 9.14. The van der Waals surface area contributed by atoms with Gasteiger partial charge in [-0.25, -0.2) is 9.36 Å². The van der Waals surface area contributed by atoms with Crippen LogP contribution in [0.1, 0.15) is 57.5 Å². The fourth-order valence-corrected chi connectivity index (χ4v) is 3.43. The Morgan fingerprint density at radius 2 is 1.42 bits per heavy atom. The molecule has 0 aliphatic heterocycles. The number of phosphoric ester groups is 1. The van der Waals surface area contributed by atoms with Gasteiger partial charge in [0.1, 0.15) is 0 Å². The number of carboxylic acids is 1. The van der Waals surface area contributed by atoms with Crippen LogP contribution in [-0.2, 0) is 47.1 Å². The minimum Gasteiger partial charge on any atom is -0.478 e. The van der Waals surface area contributed by atoms with Gasteiger partial charge in [-0.2, -0.15) is 0 Å². The van der Waals surface area contributed by atoms with Crippen LogP contribution in [0.15, 0.2) is 24.3 Å². The molecule has 0 saturated carbocycles. The molecule has 6 nitrogen and oxygen atoms in total. The molecular formula is C16H25AgO6P. The molecule has 1 aromatic carbocycles. The van der Waals surface area contributed by atoms with E-state index in [1.165, 1.54) is 12.1 Å². The first-order valence-electron chi connectivity index (χ1n) is 7.28. The van der Waals surface area contributed by atoms with Gasteiger partial charge < -0.3 is 5.11 Å². The summed E-state index contributed by atoms with van der Waals surface area (Å²) in [6.45, 7) is 10.6. The molecule has 0 aromatic heterocycles. The van der Waals surface area contributed by atoms with E-state index in [1.54, 1.807) is 53.7 Å². The maximum Gasteiger partial charge on any atom is 0.476 e. The van der Waals surface area contributed by atoms with Gasteiger partial charge in [0.15, 0.2) is 0 Å². The Morgan fingerprint density at radius 1 is 1.00 bits per heavy atom. The van der Waals surface area contributed by atoms with Crippen molar-refractivity contribution in [2.75, 3.05) is 0 Å². The van der Waals surface area contributed by atoms with E-state index in [9.17, 15) is 9.36 Å². The topological polar surface area (TPSA) is 82.1 Å². The molecule has 0 amide bonds. The molecule has 0 atom stereocenters. The average molecular weight is 452 g/mol. The van der Waals surface area contributed by atoms with E-state index in [1.807, 2.05) is 0 Å². The zero-order valence-electron chi connectivity index (χ0n) is 14.8. The van der Waals surface area contributed by atoms with Gasteiger partial charge in [0, 0.05) is 22.4 Å². The van der Waals surface area contributed by atoms with Gasteiger partial charge in [0.05, 0.1) is 23.4 Å². The average Bonchev–Trinajstić information content (AvgIpc) is 2.32. The van der Waals surface area contributed by atoms with E-state index in [2.05, 4.69) is 0 Å². The molecule has 141 valence electrons. The molecule has 0 heterocycles. The molecule has 0 fully saturated rings. The number of aromatic carboxylic acids is 1. The van der Waals surface area contributed by atoms with Gasteiger partial charge in [-0.3, -0.25) is 13.6 Å². The summed E-state index contributed by atoms with van der Waals surface area (Å²) in [5.41, 5.74) is -0.555. The van der Waals surface area contributed by atoms with Crippen LogP contribution in [0.25, 0.3) is 0 Å². The van der Waals surface area contributed by atoms with Gasteiger partial charge in [-0.05, 0) is 59.2 Å². The quantitative estimate of drug-likeness (QED) is 0.501. The molecule has 0 bridgehead atoms. The summed E-state index contributed by atoms with van der Waals surface area (Å²) in [5, 5.41) is 8.87. The van der Waals surface area contributed by atoms with Crippen molar-refractivity contribution in [1.29, 1.82) is 0 Å². The van der Waals surface area contributed by atoms with Gasteiger partial charge in [0.2, 0.25) is 0 Å². The molecule has 1 rings (SSSR count). The number of hydrogen-bond acceptors (Lipinski definition) is 5. The third-order valence-electron chi connectivity index (χ3n) is 2.36. The molecule has 8 heteroatoms. The van der Waals surface area contributed by atoms with Crippen LogP contribution in [-0.4, -0.2) is 22.3 Å². The molecule has 1 N–H and O–H groups in total. The Bertz CT molecular complexity index is 566. The van der Waals surface area contributed by atoms with Crippen LogP contribution in [0.4, 0.5) is 0 Å². The van der Waals surface area contributed by atoms with Gasteiger partial charge in [0.25, 0.3) is 0 Å². The monoisotopic (exact) mass is 451 g/mol. The standard InChI is InChI=1S/C16H25O6P.Ag/c1-15(2,3)21-23(19,22-16(4,5)6)20-11-12-7-9-13(10-8-12)14(17)18;/h7-10H,11H2,1-6H3,(H,17,18);. The van der Waals surface area contributed by atoms with Crippen molar-refractivity contribution in [1.82, 2.24) is 0 Å². The number of rotatable bonds is 6. The van der Waals surface area contributed by atoms with Crippen LogP contribution < -0.4 is 0 Å². The summed E-state index contributed by atoms with van der Waals surface area (Å²) in [6, 6.07) is 6.12. The molecule has 24 heavy (non-hydrogen) atoms. The summed E-state index contributed by atoms with van der Waals surface area (Å²) >= 11 is 0. The second kappa shape index (κ2) is 8.77. The summed E-state index contributed by atoms with van der Waals surface area (Å²) in [7, 11) is -3.78. The zero-order valence-corrected chi connectivity index (χ0v) is 17.1. The first-order chi connectivity index (χ1) is 10.3. The summed E-state index contributed by atoms with van der Waals surface area (Å²) in [6.07, 6.45) is 0. The van der Waals surface area contributed by atoms with E-state index < -0.39 is 25.0 Å². The van der Waals surface area contributed by atoms with Crippen LogP contribution in [0.3, 0.4) is 0 Å². The molecule has 0 saturated heterocycles. The van der Waals surface area contributed by atoms with Crippen molar-refractivity contribution >= 4 is 13.8 Å². The Kier molecular flexibility index (Phi) is 8.60. The van der Waals surface area contributed by atoms with Crippen molar-refractivity contribution in [3.05, 3.63) is 35.4 Å².